The molecule has 0 unspecified atom stereocenters. The van der Waals surface area contributed by atoms with Gasteiger partial charge in [0.1, 0.15) is 0 Å². The fourth-order valence-electron chi connectivity index (χ4n) is 10.4. The third-order valence-corrected chi connectivity index (χ3v) is 13.8. The summed E-state index contributed by atoms with van der Waals surface area (Å²) in [6, 6.07) is 66.4. The van der Waals surface area contributed by atoms with E-state index in [9.17, 15) is 0 Å². The Kier molecular flexibility index (Phi) is 5.99. The number of hydrogen-bond acceptors (Lipinski definition) is 2. The minimum absolute atomic E-state index is 0.117. The Morgan fingerprint density at radius 1 is 0.389 bits per heavy atom. The first kappa shape index (κ1) is 30.3. The van der Waals surface area contributed by atoms with E-state index < -0.39 is 5.41 Å². The van der Waals surface area contributed by atoms with Crippen molar-refractivity contribution in [2.45, 2.75) is 24.7 Å². The van der Waals surface area contributed by atoms with E-state index in [1.54, 1.807) is 0 Å². The molecule has 1 heterocycles. The predicted octanol–water partition coefficient (Wildman–Crippen LogP) is 14.2. The molecule has 0 amide bonds. The number of fused-ring (bicyclic) bond motifs is 16. The van der Waals surface area contributed by atoms with Crippen LogP contribution in [-0.4, -0.2) is 0 Å². The van der Waals surface area contributed by atoms with Crippen molar-refractivity contribution in [2.24, 2.45) is 0 Å². The first-order valence-electron chi connectivity index (χ1n) is 18.9. The van der Waals surface area contributed by atoms with Crippen LogP contribution >= 0.6 is 11.3 Å². The van der Waals surface area contributed by atoms with Crippen LogP contribution in [0.5, 0.6) is 0 Å². The van der Waals surface area contributed by atoms with E-state index in [0.29, 0.717) is 0 Å². The highest BCUT2D eigenvalue weighted by molar-refractivity contribution is 7.25. The zero-order valence-electron chi connectivity index (χ0n) is 30.1. The number of rotatable bonds is 3. The molecule has 1 spiro atoms. The monoisotopic (exact) mass is 705 g/mol. The molecule has 1 aromatic heterocycles. The molecule has 3 aliphatic carbocycles. The summed E-state index contributed by atoms with van der Waals surface area (Å²) in [5.41, 5.74) is 19.1. The first-order chi connectivity index (χ1) is 26.5. The normalized spacial score (nSPS) is 14.8. The van der Waals surface area contributed by atoms with Crippen LogP contribution in [0.15, 0.2) is 176 Å². The second-order valence-electron chi connectivity index (χ2n) is 15.6. The Hall–Kier alpha value is -6.22. The maximum absolute atomic E-state index is 2.55. The number of anilines is 3. The van der Waals surface area contributed by atoms with Gasteiger partial charge in [-0.2, -0.15) is 0 Å². The Balaban J connectivity index is 1.17. The van der Waals surface area contributed by atoms with Gasteiger partial charge in [-0.1, -0.05) is 147 Å². The van der Waals surface area contributed by atoms with Crippen molar-refractivity contribution in [3.8, 4) is 33.4 Å². The third-order valence-electron chi connectivity index (χ3n) is 12.7. The number of thiophene rings is 1. The summed E-state index contributed by atoms with van der Waals surface area (Å²) in [6.45, 7) is 4.76. The van der Waals surface area contributed by atoms with Crippen LogP contribution in [0.3, 0.4) is 0 Å². The molecular weight excluding hydrogens is 671 g/mol. The number of nitrogens with zero attached hydrogens (tertiary/aromatic N) is 1. The van der Waals surface area contributed by atoms with Crippen LogP contribution in [0.1, 0.15) is 47.2 Å². The lowest BCUT2D eigenvalue weighted by Gasteiger charge is -2.32. The Morgan fingerprint density at radius 2 is 0.907 bits per heavy atom. The second kappa shape index (κ2) is 10.7. The molecule has 1 nitrogen and oxygen atoms in total. The lowest BCUT2D eigenvalue weighted by Crippen LogP contribution is -2.26. The topological polar surface area (TPSA) is 3.24 Å². The first-order valence-corrected chi connectivity index (χ1v) is 19.8. The van der Waals surface area contributed by atoms with Crippen LogP contribution in [0, 0.1) is 0 Å². The van der Waals surface area contributed by atoms with Crippen molar-refractivity contribution >= 4 is 48.6 Å². The van der Waals surface area contributed by atoms with Gasteiger partial charge in [0.05, 0.1) is 11.1 Å². The molecule has 3 aliphatic rings. The SMILES string of the molecule is CC1(C)c2ccccc2-c2ccc(N(c3ccc4sc5ccccc5c4c3)c3cccc4c3-c3ccccc3C43c4ccccc4-c4ccccc43)cc21. The Bertz CT molecular complexity index is 3010. The summed E-state index contributed by atoms with van der Waals surface area (Å²) in [6.07, 6.45) is 0. The summed E-state index contributed by atoms with van der Waals surface area (Å²) in [7, 11) is 0. The lowest BCUT2D eigenvalue weighted by atomic mass is 9.70. The van der Waals surface area contributed by atoms with E-state index in [0.717, 1.165) is 0 Å². The van der Waals surface area contributed by atoms with Gasteiger partial charge in [0.25, 0.3) is 0 Å². The van der Waals surface area contributed by atoms with Crippen LogP contribution < -0.4 is 4.90 Å². The van der Waals surface area contributed by atoms with Gasteiger partial charge in [-0.3, -0.25) is 0 Å². The van der Waals surface area contributed by atoms with Gasteiger partial charge < -0.3 is 4.90 Å². The highest BCUT2D eigenvalue weighted by atomic mass is 32.1. The average Bonchev–Trinajstić information content (AvgIpc) is 3.91. The molecule has 0 saturated heterocycles. The minimum Gasteiger partial charge on any atom is -0.310 e. The molecule has 0 bridgehead atoms. The minimum atomic E-state index is -0.407. The summed E-state index contributed by atoms with van der Waals surface area (Å²) in [5.74, 6) is 0. The van der Waals surface area contributed by atoms with Gasteiger partial charge in [0.2, 0.25) is 0 Å². The van der Waals surface area contributed by atoms with E-state index in [2.05, 4.69) is 195 Å². The molecule has 2 heteroatoms. The predicted molar refractivity (Wildman–Crippen MR) is 228 cm³/mol. The molecule has 8 aromatic carbocycles. The van der Waals surface area contributed by atoms with E-state index in [1.165, 1.54) is 104 Å². The Labute approximate surface area is 319 Å². The average molecular weight is 706 g/mol. The fraction of sp³-hybridized carbons (Fsp3) is 0.0769. The molecule has 0 saturated carbocycles. The smallest absolute Gasteiger partial charge is 0.0726 e. The van der Waals surface area contributed by atoms with Crippen LogP contribution in [0.4, 0.5) is 17.1 Å². The quantitative estimate of drug-likeness (QED) is 0.177. The van der Waals surface area contributed by atoms with Gasteiger partial charge in [0.15, 0.2) is 0 Å². The molecule has 0 fully saturated rings. The summed E-state index contributed by atoms with van der Waals surface area (Å²) >= 11 is 1.87. The van der Waals surface area contributed by atoms with Crippen molar-refractivity contribution < 1.29 is 0 Å². The summed E-state index contributed by atoms with van der Waals surface area (Å²) < 4.78 is 2.63. The van der Waals surface area contributed by atoms with E-state index in [1.807, 2.05) is 11.3 Å². The van der Waals surface area contributed by atoms with Crippen molar-refractivity contribution in [1.82, 2.24) is 0 Å². The standard InChI is InChI=1S/C52H35NS/c1-51(2)41-19-8-3-14-34(41)37-28-26-33(31-46(37)51)53(32-27-29-49-40(30-32)38-17-7-12-25-48(38)54-49)47-24-13-23-45-50(47)39-18-6-11-22-44(39)52(45)42-20-9-4-15-35(42)36-16-5-10-21-43(36)52/h3-31H,1-2H3. The molecule has 9 aromatic rings. The molecule has 54 heavy (non-hydrogen) atoms. The molecule has 0 atom stereocenters. The summed E-state index contributed by atoms with van der Waals surface area (Å²) in [5, 5.41) is 2.61. The van der Waals surface area contributed by atoms with Crippen LogP contribution in [-0.2, 0) is 10.8 Å². The number of hydrogen-bond donors (Lipinski definition) is 0. The second-order valence-corrected chi connectivity index (χ2v) is 16.7. The largest absolute Gasteiger partial charge is 0.310 e. The lowest BCUT2D eigenvalue weighted by molar-refractivity contribution is 0.660. The zero-order chi connectivity index (χ0) is 35.8. The maximum atomic E-state index is 2.55. The van der Waals surface area contributed by atoms with Gasteiger partial charge in [-0.05, 0) is 104 Å². The van der Waals surface area contributed by atoms with Gasteiger partial charge in [0, 0.05) is 42.5 Å². The molecule has 12 rings (SSSR count). The number of benzene rings is 8. The van der Waals surface area contributed by atoms with Gasteiger partial charge >= 0.3 is 0 Å². The molecule has 254 valence electrons. The van der Waals surface area contributed by atoms with Crippen LogP contribution in [0.25, 0.3) is 53.6 Å². The van der Waals surface area contributed by atoms with Crippen molar-refractivity contribution in [3.63, 3.8) is 0 Å². The highest BCUT2D eigenvalue weighted by Crippen LogP contribution is 2.65. The van der Waals surface area contributed by atoms with Gasteiger partial charge in [-0.15, -0.1) is 11.3 Å². The highest BCUT2D eigenvalue weighted by Gasteiger charge is 2.52. The van der Waals surface area contributed by atoms with Crippen molar-refractivity contribution in [1.29, 1.82) is 0 Å². The summed E-state index contributed by atoms with van der Waals surface area (Å²) in [4.78, 5) is 2.55. The fourth-order valence-corrected chi connectivity index (χ4v) is 11.5. The zero-order valence-corrected chi connectivity index (χ0v) is 30.9. The molecule has 0 N–H and O–H groups in total. The van der Waals surface area contributed by atoms with E-state index in [4.69, 9.17) is 0 Å². The van der Waals surface area contributed by atoms with Crippen LogP contribution in [0.2, 0.25) is 0 Å². The van der Waals surface area contributed by atoms with E-state index in [-0.39, 0.29) is 5.41 Å². The Morgan fingerprint density at radius 3 is 1.65 bits per heavy atom. The van der Waals surface area contributed by atoms with E-state index >= 15 is 0 Å². The van der Waals surface area contributed by atoms with Crippen molar-refractivity contribution in [2.75, 3.05) is 4.90 Å². The van der Waals surface area contributed by atoms with Gasteiger partial charge in [-0.25, -0.2) is 0 Å². The third kappa shape index (κ3) is 3.73. The molecular formula is C52H35NS. The molecule has 0 radical (unpaired) electrons. The maximum Gasteiger partial charge on any atom is 0.0726 e. The molecule has 0 aliphatic heterocycles. The van der Waals surface area contributed by atoms with Crippen molar-refractivity contribution in [3.05, 3.63) is 209 Å².